The number of carbonyl (C=O) groups is 2. The van der Waals surface area contributed by atoms with E-state index in [9.17, 15) is 9.59 Å². The lowest BCUT2D eigenvalue weighted by atomic mass is 10.0. The predicted molar refractivity (Wildman–Crippen MR) is 112 cm³/mol. The monoisotopic (exact) mass is 443 g/mol. The molecule has 2 aliphatic heterocycles. The summed E-state index contributed by atoms with van der Waals surface area (Å²) in [6.07, 6.45) is 1.78. The van der Waals surface area contributed by atoms with Crippen LogP contribution in [0.4, 0.5) is 0 Å². The van der Waals surface area contributed by atoms with Crippen LogP contribution < -0.4 is 21.5 Å². The third-order valence-electron chi connectivity index (χ3n) is 5.32. The van der Waals surface area contributed by atoms with Gasteiger partial charge in [0, 0.05) is 39.3 Å². The van der Waals surface area contributed by atoms with Gasteiger partial charge in [0.05, 0.1) is 28.3 Å². The van der Waals surface area contributed by atoms with Crippen molar-refractivity contribution >= 4 is 35.0 Å². The maximum Gasteiger partial charge on any atom is 0.254 e. The lowest BCUT2D eigenvalue weighted by molar-refractivity contribution is -0.124. The lowest BCUT2D eigenvalue weighted by Crippen LogP contribution is -2.56. The fraction of sp³-hybridized carbons (Fsp3) is 0.579. The van der Waals surface area contributed by atoms with Gasteiger partial charge in [-0.05, 0) is 25.0 Å². The number of carbonyl (C=O) groups excluding carboxylic acids is 2. The summed E-state index contributed by atoms with van der Waals surface area (Å²) >= 11 is 12.2. The van der Waals surface area contributed by atoms with Crippen molar-refractivity contribution in [3.05, 3.63) is 33.8 Å². The number of nitrogens with one attached hydrogen (secondary N) is 4. The van der Waals surface area contributed by atoms with Gasteiger partial charge in [0.1, 0.15) is 6.04 Å². The molecule has 2 heterocycles. The Morgan fingerprint density at radius 2 is 1.90 bits per heavy atom. The number of piperidine rings is 1. The van der Waals surface area contributed by atoms with E-state index in [0.29, 0.717) is 13.2 Å². The second kappa shape index (κ2) is 10.6. The van der Waals surface area contributed by atoms with E-state index in [-0.39, 0.29) is 27.6 Å². The van der Waals surface area contributed by atoms with Gasteiger partial charge in [-0.25, -0.2) is 5.43 Å². The van der Waals surface area contributed by atoms with Crippen molar-refractivity contribution in [2.24, 2.45) is 0 Å². The Morgan fingerprint density at radius 1 is 1.21 bits per heavy atom. The summed E-state index contributed by atoms with van der Waals surface area (Å²) in [5.74, 6) is -0.541. The SMILES string of the molecule is COCCN1CCC(NC(=O)C2NNCC2NC(=O)c2c(Cl)cccc2Cl)CC1. The van der Waals surface area contributed by atoms with Crippen molar-refractivity contribution in [2.45, 2.75) is 31.0 Å². The molecule has 0 saturated carbocycles. The summed E-state index contributed by atoms with van der Waals surface area (Å²) in [6, 6.07) is 4.02. The third-order valence-corrected chi connectivity index (χ3v) is 5.95. The van der Waals surface area contributed by atoms with E-state index in [1.807, 2.05) is 0 Å². The quantitative estimate of drug-likeness (QED) is 0.497. The normalized spacial score (nSPS) is 23.1. The molecule has 8 nitrogen and oxygen atoms in total. The number of methoxy groups -OCH3 is 1. The zero-order valence-corrected chi connectivity index (χ0v) is 17.9. The summed E-state index contributed by atoms with van der Waals surface area (Å²) in [5, 5.41) is 6.51. The number of amides is 2. The molecule has 160 valence electrons. The number of rotatable bonds is 7. The molecular formula is C19H27Cl2N5O3. The molecule has 10 heteroatoms. The number of benzene rings is 1. The summed E-state index contributed by atoms with van der Waals surface area (Å²) in [6.45, 7) is 3.89. The Labute approximate surface area is 180 Å². The highest BCUT2D eigenvalue weighted by Crippen LogP contribution is 2.24. The molecule has 2 unspecified atom stereocenters. The molecule has 29 heavy (non-hydrogen) atoms. The largest absolute Gasteiger partial charge is 0.383 e. The van der Waals surface area contributed by atoms with Crippen molar-refractivity contribution in [1.82, 2.24) is 26.4 Å². The maximum atomic E-state index is 12.8. The Morgan fingerprint density at radius 3 is 2.55 bits per heavy atom. The van der Waals surface area contributed by atoms with Gasteiger partial charge in [0.25, 0.3) is 5.91 Å². The number of ether oxygens (including phenoxy) is 1. The smallest absolute Gasteiger partial charge is 0.254 e. The number of hydrogen-bond donors (Lipinski definition) is 4. The lowest BCUT2D eigenvalue weighted by Gasteiger charge is -2.33. The average molecular weight is 444 g/mol. The Bertz CT molecular complexity index is 708. The second-order valence-corrected chi connectivity index (χ2v) is 8.11. The van der Waals surface area contributed by atoms with Crippen molar-refractivity contribution in [1.29, 1.82) is 0 Å². The average Bonchev–Trinajstić information content (AvgIpc) is 3.15. The standard InChI is InChI=1S/C19H27Cl2N5O3/c1-29-10-9-26-7-5-12(6-8-26)23-19(28)17-15(11-22-25-17)24-18(27)16-13(20)3-2-4-14(16)21/h2-4,12,15,17,22,25H,5-11H2,1H3,(H,23,28)(H,24,27). The van der Waals surface area contributed by atoms with E-state index in [1.54, 1.807) is 25.3 Å². The molecule has 0 aliphatic carbocycles. The van der Waals surface area contributed by atoms with Gasteiger partial charge in [0.15, 0.2) is 0 Å². The molecule has 1 aromatic carbocycles. The van der Waals surface area contributed by atoms with Crippen molar-refractivity contribution in [3.8, 4) is 0 Å². The Hall–Kier alpha value is -1.42. The number of hydrogen-bond acceptors (Lipinski definition) is 6. The molecule has 0 aromatic heterocycles. The number of likely N-dealkylation sites (tertiary alicyclic amines) is 1. The summed E-state index contributed by atoms with van der Waals surface area (Å²) in [4.78, 5) is 27.7. The number of hydrazine groups is 1. The van der Waals surface area contributed by atoms with Gasteiger partial charge in [-0.3, -0.25) is 15.0 Å². The maximum absolute atomic E-state index is 12.8. The molecule has 2 atom stereocenters. The fourth-order valence-corrected chi connectivity index (χ4v) is 4.22. The van der Waals surface area contributed by atoms with E-state index >= 15 is 0 Å². The molecule has 2 aliphatic rings. The second-order valence-electron chi connectivity index (χ2n) is 7.30. The van der Waals surface area contributed by atoms with Gasteiger partial charge in [-0.2, -0.15) is 0 Å². The van der Waals surface area contributed by atoms with Crippen molar-refractivity contribution in [2.75, 3.05) is 39.9 Å². The van der Waals surface area contributed by atoms with Crippen LogP contribution in [0.25, 0.3) is 0 Å². The Kier molecular flexibility index (Phi) is 8.11. The van der Waals surface area contributed by atoms with Gasteiger partial charge in [-0.1, -0.05) is 29.3 Å². The van der Waals surface area contributed by atoms with Gasteiger partial charge >= 0.3 is 0 Å². The van der Waals surface area contributed by atoms with E-state index in [4.69, 9.17) is 27.9 Å². The molecule has 0 spiro atoms. The Balaban J connectivity index is 1.53. The summed E-state index contributed by atoms with van der Waals surface area (Å²) in [7, 11) is 1.70. The minimum absolute atomic E-state index is 0.123. The van der Waals surface area contributed by atoms with Crippen molar-refractivity contribution in [3.63, 3.8) is 0 Å². The predicted octanol–water partition coefficient (Wildman–Crippen LogP) is 0.795. The number of nitrogens with zero attached hydrogens (tertiary/aromatic N) is 1. The van der Waals surface area contributed by atoms with Crippen LogP contribution in [-0.2, 0) is 9.53 Å². The third kappa shape index (κ3) is 5.81. The summed E-state index contributed by atoms with van der Waals surface area (Å²) < 4.78 is 5.12. The minimum Gasteiger partial charge on any atom is -0.383 e. The van der Waals surface area contributed by atoms with Crippen LogP contribution in [0, 0.1) is 0 Å². The molecule has 4 N–H and O–H groups in total. The number of halogens is 2. The van der Waals surface area contributed by atoms with Crippen LogP contribution >= 0.6 is 23.2 Å². The molecule has 2 saturated heterocycles. The highest BCUT2D eigenvalue weighted by atomic mass is 35.5. The van der Waals surface area contributed by atoms with Crippen LogP contribution in [0.2, 0.25) is 10.0 Å². The van der Waals surface area contributed by atoms with Crippen LogP contribution in [-0.4, -0.2) is 74.7 Å². The first-order valence-corrected chi connectivity index (χ1v) is 10.5. The topological polar surface area (TPSA) is 94.7 Å². The molecule has 1 aromatic rings. The highest BCUT2D eigenvalue weighted by molar-refractivity contribution is 6.39. The molecule has 3 rings (SSSR count). The van der Waals surface area contributed by atoms with Gasteiger partial charge in [0.2, 0.25) is 5.91 Å². The van der Waals surface area contributed by atoms with Gasteiger partial charge < -0.3 is 20.3 Å². The zero-order chi connectivity index (χ0) is 20.8. The first-order valence-electron chi connectivity index (χ1n) is 9.74. The molecular weight excluding hydrogens is 417 g/mol. The first kappa shape index (κ1) is 22.3. The molecule has 2 amide bonds. The van der Waals surface area contributed by atoms with E-state index in [0.717, 1.165) is 32.5 Å². The molecule has 2 fully saturated rings. The van der Waals surface area contributed by atoms with Crippen LogP contribution in [0.15, 0.2) is 18.2 Å². The molecule has 0 bridgehead atoms. The van der Waals surface area contributed by atoms with E-state index in [1.165, 1.54) is 0 Å². The highest BCUT2D eigenvalue weighted by Gasteiger charge is 2.35. The minimum atomic E-state index is -0.577. The zero-order valence-electron chi connectivity index (χ0n) is 16.3. The van der Waals surface area contributed by atoms with Crippen LogP contribution in [0.5, 0.6) is 0 Å². The molecule has 0 radical (unpaired) electrons. The van der Waals surface area contributed by atoms with Crippen molar-refractivity contribution < 1.29 is 14.3 Å². The van der Waals surface area contributed by atoms with Crippen LogP contribution in [0.1, 0.15) is 23.2 Å². The first-order chi connectivity index (χ1) is 14.0. The van der Waals surface area contributed by atoms with E-state index < -0.39 is 18.0 Å². The van der Waals surface area contributed by atoms with Gasteiger partial charge in [-0.15, -0.1) is 0 Å². The van der Waals surface area contributed by atoms with Crippen LogP contribution in [0.3, 0.4) is 0 Å². The fourth-order valence-electron chi connectivity index (χ4n) is 3.65. The van der Waals surface area contributed by atoms with E-state index in [2.05, 4.69) is 26.4 Å². The summed E-state index contributed by atoms with van der Waals surface area (Å²) in [5.41, 5.74) is 6.11.